The summed E-state index contributed by atoms with van der Waals surface area (Å²) in [5.41, 5.74) is 0.477. The van der Waals surface area contributed by atoms with Crippen molar-refractivity contribution in [3.8, 4) is 17.1 Å². The first-order valence-corrected chi connectivity index (χ1v) is 9.61. The van der Waals surface area contributed by atoms with E-state index in [1.807, 2.05) is 0 Å². The average molecular weight is 378 g/mol. The number of hydrogen-bond donors (Lipinski definition) is 3. The lowest BCUT2D eigenvalue weighted by Crippen LogP contribution is -2.46. The van der Waals surface area contributed by atoms with Gasteiger partial charge in [0.2, 0.25) is 11.9 Å². The number of amides is 1. The molecule has 8 nitrogen and oxygen atoms in total. The first kappa shape index (κ1) is 18.5. The van der Waals surface area contributed by atoms with Crippen LogP contribution in [0.4, 0.5) is 5.95 Å². The molecule has 1 aliphatic rings. The number of carbonyl (C=O) groups is 1. The number of hydrogen-bond acceptors (Lipinski definition) is 6. The van der Waals surface area contributed by atoms with Crippen LogP contribution in [0.5, 0.6) is 5.75 Å². The van der Waals surface area contributed by atoms with E-state index in [2.05, 4.69) is 20.5 Å². The van der Waals surface area contributed by atoms with Gasteiger partial charge in [-0.3, -0.25) is 19.4 Å². The molecule has 0 saturated carbocycles. The van der Waals surface area contributed by atoms with Gasteiger partial charge in [0.25, 0.3) is 0 Å². The summed E-state index contributed by atoms with van der Waals surface area (Å²) in [5.74, 6) is 0.0553. The van der Waals surface area contributed by atoms with Crippen LogP contribution in [0.1, 0.15) is 26.7 Å². The highest BCUT2D eigenvalue weighted by Gasteiger charge is 2.39. The minimum absolute atomic E-state index is 0.0578. The third-order valence-electron chi connectivity index (χ3n) is 4.39. The largest absolute Gasteiger partial charge is 0.507 e. The second kappa shape index (κ2) is 7.55. The lowest BCUT2D eigenvalue weighted by molar-refractivity contribution is -0.117. The molecule has 3 N–H and O–H groups in total. The Hall–Kier alpha value is -2.26. The summed E-state index contributed by atoms with van der Waals surface area (Å²) < 4.78 is 17.0. The molecule has 0 spiro atoms. The van der Waals surface area contributed by atoms with Gasteiger partial charge in [-0.15, -0.1) is 5.10 Å². The van der Waals surface area contributed by atoms with E-state index in [1.165, 1.54) is 6.07 Å². The molecule has 2 heterocycles. The van der Waals surface area contributed by atoms with E-state index in [-0.39, 0.29) is 16.9 Å². The van der Waals surface area contributed by atoms with E-state index in [0.29, 0.717) is 37.4 Å². The van der Waals surface area contributed by atoms with Crippen molar-refractivity contribution >= 4 is 22.7 Å². The number of aromatic amines is 1. The average Bonchev–Trinajstić information content (AvgIpc) is 3.10. The zero-order chi connectivity index (χ0) is 18.7. The van der Waals surface area contributed by atoms with Crippen molar-refractivity contribution in [2.45, 2.75) is 36.7 Å². The van der Waals surface area contributed by atoms with Crippen molar-refractivity contribution in [3.05, 3.63) is 24.3 Å². The quantitative estimate of drug-likeness (QED) is 0.731. The zero-order valence-corrected chi connectivity index (χ0v) is 15.5. The van der Waals surface area contributed by atoms with Crippen LogP contribution in [-0.4, -0.2) is 53.6 Å². The van der Waals surface area contributed by atoms with Crippen molar-refractivity contribution in [3.63, 3.8) is 0 Å². The highest BCUT2D eigenvalue weighted by atomic mass is 32.2. The number of carbonyl (C=O) groups excluding carboxylic acids is 1. The van der Waals surface area contributed by atoms with Crippen molar-refractivity contribution < 1.29 is 18.8 Å². The molecule has 2 aromatic rings. The van der Waals surface area contributed by atoms with E-state index in [1.54, 1.807) is 32.0 Å². The number of rotatable bonds is 5. The van der Waals surface area contributed by atoms with Gasteiger partial charge in [0, 0.05) is 29.3 Å². The van der Waals surface area contributed by atoms with Crippen LogP contribution in [-0.2, 0) is 20.3 Å². The lowest BCUT2D eigenvalue weighted by atomic mass is 10.2. The fourth-order valence-corrected chi connectivity index (χ4v) is 4.45. The Kier molecular flexibility index (Phi) is 5.38. The minimum Gasteiger partial charge on any atom is -0.507 e. The maximum absolute atomic E-state index is 12.8. The molecule has 3 rings (SSSR count). The second-order valence-corrected chi connectivity index (χ2v) is 8.88. The van der Waals surface area contributed by atoms with Gasteiger partial charge in [-0.2, -0.15) is 4.98 Å². The van der Waals surface area contributed by atoms with Crippen molar-refractivity contribution in [1.82, 2.24) is 15.2 Å². The van der Waals surface area contributed by atoms with Gasteiger partial charge in [-0.1, -0.05) is 12.1 Å². The number of anilines is 1. The SMILES string of the molecule is CC(C)(C(=O)Nc1n[nH]c(-c2ccccc2O)n1)S(=O)C1CCOCC1. The molecule has 0 radical (unpaired) electrons. The summed E-state index contributed by atoms with van der Waals surface area (Å²) in [6.45, 7) is 4.45. The summed E-state index contributed by atoms with van der Waals surface area (Å²) in [5, 5.41) is 19.1. The predicted octanol–water partition coefficient (Wildman–Crippen LogP) is 1.82. The van der Waals surface area contributed by atoms with Gasteiger partial charge < -0.3 is 9.84 Å². The number of nitrogens with zero attached hydrogens (tertiary/aromatic N) is 2. The number of para-hydroxylation sites is 1. The first-order chi connectivity index (χ1) is 12.4. The first-order valence-electron chi connectivity index (χ1n) is 8.40. The molecule has 1 aromatic heterocycles. The normalized spacial score (nSPS) is 17.0. The predicted molar refractivity (Wildman–Crippen MR) is 98.2 cm³/mol. The number of phenolic OH excluding ortho intramolecular Hbond substituents is 1. The third-order valence-corrected chi connectivity index (χ3v) is 6.66. The van der Waals surface area contributed by atoms with E-state index in [0.717, 1.165) is 0 Å². The van der Waals surface area contributed by atoms with Gasteiger partial charge in [0.1, 0.15) is 10.5 Å². The summed E-state index contributed by atoms with van der Waals surface area (Å²) in [6.07, 6.45) is 1.36. The number of aromatic nitrogens is 3. The number of ether oxygens (including phenoxy) is 1. The van der Waals surface area contributed by atoms with Gasteiger partial charge in [-0.05, 0) is 38.8 Å². The number of nitrogens with one attached hydrogen (secondary N) is 2. The molecule has 26 heavy (non-hydrogen) atoms. The van der Waals surface area contributed by atoms with E-state index in [9.17, 15) is 14.1 Å². The molecule has 140 valence electrons. The molecule has 9 heteroatoms. The van der Waals surface area contributed by atoms with E-state index < -0.39 is 21.5 Å². The maximum Gasteiger partial charge on any atom is 0.249 e. The van der Waals surface area contributed by atoms with Crippen LogP contribution in [0.25, 0.3) is 11.4 Å². The summed E-state index contributed by atoms with van der Waals surface area (Å²) in [6, 6.07) is 6.68. The van der Waals surface area contributed by atoms with Gasteiger partial charge >= 0.3 is 0 Å². The maximum atomic E-state index is 12.8. The Balaban J connectivity index is 1.71. The molecule has 1 unspecified atom stereocenters. The second-order valence-electron chi connectivity index (χ2n) is 6.60. The van der Waals surface area contributed by atoms with Gasteiger partial charge in [-0.25, -0.2) is 0 Å². The smallest absolute Gasteiger partial charge is 0.249 e. The van der Waals surface area contributed by atoms with Crippen LogP contribution in [0.15, 0.2) is 24.3 Å². The van der Waals surface area contributed by atoms with Crippen LogP contribution in [0, 0.1) is 0 Å². The topological polar surface area (TPSA) is 117 Å². The lowest BCUT2D eigenvalue weighted by Gasteiger charge is -2.29. The summed E-state index contributed by atoms with van der Waals surface area (Å²) in [7, 11) is -1.35. The van der Waals surface area contributed by atoms with Crippen LogP contribution in [0.3, 0.4) is 0 Å². The van der Waals surface area contributed by atoms with Crippen LogP contribution >= 0.6 is 0 Å². The van der Waals surface area contributed by atoms with E-state index in [4.69, 9.17) is 4.74 Å². The summed E-state index contributed by atoms with van der Waals surface area (Å²) >= 11 is 0. The molecular formula is C17H22N4O4S. The Morgan fingerprint density at radius 1 is 1.35 bits per heavy atom. The molecule has 1 saturated heterocycles. The number of H-pyrrole nitrogens is 1. The van der Waals surface area contributed by atoms with E-state index >= 15 is 0 Å². The molecule has 1 amide bonds. The molecule has 0 bridgehead atoms. The zero-order valence-electron chi connectivity index (χ0n) is 14.7. The van der Waals surface area contributed by atoms with Crippen molar-refractivity contribution in [2.75, 3.05) is 18.5 Å². The summed E-state index contributed by atoms with van der Waals surface area (Å²) in [4.78, 5) is 16.8. The van der Waals surface area contributed by atoms with Crippen LogP contribution in [0.2, 0.25) is 0 Å². The Morgan fingerprint density at radius 2 is 2.04 bits per heavy atom. The number of benzene rings is 1. The highest BCUT2D eigenvalue weighted by molar-refractivity contribution is 7.87. The minimum atomic E-state index is -1.35. The van der Waals surface area contributed by atoms with Gasteiger partial charge in [0.15, 0.2) is 5.82 Å². The fraction of sp³-hybridized carbons (Fsp3) is 0.471. The fourth-order valence-electron chi connectivity index (χ4n) is 2.76. The third kappa shape index (κ3) is 3.78. The number of aromatic hydroxyl groups is 1. The highest BCUT2D eigenvalue weighted by Crippen LogP contribution is 2.27. The molecule has 0 aliphatic carbocycles. The Bertz CT molecular complexity index is 815. The monoisotopic (exact) mass is 378 g/mol. The van der Waals surface area contributed by atoms with Crippen LogP contribution < -0.4 is 5.32 Å². The molecular weight excluding hydrogens is 356 g/mol. The number of phenols is 1. The molecule has 1 atom stereocenters. The molecule has 1 aromatic carbocycles. The van der Waals surface area contributed by atoms with Crippen molar-refractivity contribution in [2.24, 2.45) is 0 Å². The molecule has 1 fully saturated rings. The van der Waals surface area contributed by atoms with Gasteiger partial charge in [0.05, 0.1) is 5.56 Å². The Labute approximate surface area is 153 Å². The standard InChI is InChI=1S/C17H22N4O4S/c1-17(2,26(24)11-7-9-25-10-8-11)15(23)19-16-18-14(20-21-16)12-5-3-4-6-13(12)22/h3-6,11,22H,7-10H2,1-2H3,(H2,18,19,20,21,23). The van der Waals surface area contributed by atoms with Crippen molar-refractivity contribution in [1.29, 1.82) is 0 Å². The Morgan fingerprint density at radius 3 is 2.73 bits per heavy atom. The molecule has 1 aliphatic heterocycles.